The number of para-hydroxylation sites is 1. The minimum absolute atomic E-state index is 0.0110. The molecular formula is C63H60BN3OS. The lowest BCUT2D eigenvalue weighted by Gasteiger charge is -2.46. The van der Waals surface area contributed by atoms with Crippen molar-refractivity contribution in [3.05, 3.63) is 143 Å². The molecule has 0 unspecified atom stereocenters. The average molecular weight is 918 g/mol. The molecule has 5 heterocycles. The van der Waals surface area contributed by atoms with Crippen LogP contribution < -0.4 is 15.7 Å². The summed E-state index contributed by atoms with van der Waals surface area (Å²) in [6, 6.07) is 44.5. The van der Waals surface area contributed by atoms with E-state index in [0.717, 1.165) is 52.9 Å². The summed E-state index contributed by atoms with van der Waals surface area (Å²) in [5.41, 5.74) is 22.8. The molecule has 3 aromatic heterocycles. The van der Waals surface area contributed by atoms with Crippen LogP contribution in [-0.2, 0) is 27.1 Å². The van der Waals surface area contributed by atoms with E-state index in [2.05, 4.69) is 201 Å². The summed E-state index contributed by atoms with van der Waals surface area (Å²) in [5, 5.41) is 6.09. The van der Waals surface area contributed by atoms with Gasteiger partial charge in [-0.2, -0.15) is 0 Å². The first-order valence-corrected chi connectivity index (χ1v) is 26.2. The zero-order valence-electron chi connectivity index (χ0n) is 42.0. The van der Waals surface area contributed by atoms with Gasteiger partial charge in [0.05, 0.1) is 21.3 Å². The number of aromatic nitrogens is 2. The molecule has 14 rings (SSSR count). The highest BCUT2D eigenvalue weighted by atomic mass is 32.1. The van der Waals surface area contributed by atoms with E-state index in [-0.39, 0.29) is 33.9 Å². The van der Waals surface area contributed by atoms with E-state index in [1.54, 1.807) is 0 Å². The lowest BCUT2D eigenvalue weighted by molar-refractivity contribution is 0.332. The van der Waals surface area contributed by atoms with Crippen LogP contribution in [0.15, 0.2) is 120 Å². The molecule has 0 fully saturated rings. The predicted molar refractivity (Wildman–Crippen MR) is 295 cm³/mol. The molecule has 342 valence electrons. The number of thiazole rings is 1. The van der Waals surface area contributed by atoms with E-state index in [0.29, 0.717) is 0 Å². The van der Waals surface area contributed by atoms with Gasteiger partial charge in [-0.05, 0) is 146 Å². The Morgan fingerprint density at radius 3 is 1.93 bits per heavy atom. The summed E-state index contributed by atoms with van der Waals surface area (Å²) in [6.07, 6.45) is 4.61. The van der Waals surface area contributed by atoms with E-state index < -0.39 is 0 Å². The lowest BCUT2D eigenvalue weighted by Crippen LogP contribution is -2.60. The number of hydrogen-bond acceptors (Lipinski definition) is 4. The number of hydrogen-bond donors (Lipinski definition) is 0. The van der Waals surface area contributed by atoms with Gasteiger partial charge in [-0.3, -0.25) is 0 Å². The van der Waals surface area contributed by atoms with Crippen molar-refractivity contribution in [3.8, 4) is 27.4 Å². The van der Waals surface area contributed by atoms with Gasteiger partial charge in [-0.15, -0.1) is 11.3 Å². The zero-order chi connectivity index (χ0) is 47.5. The molecule has 0 saturated heterocycles. The molecule has 69 heavy (non-hydrogen) atoms. The monoisotopic (exact) mass is 917 g/mol. The van der Waals surface area contributed by atoms with Crippen LogP contribution in [0.2, 0.25) is 0 Å². The standard InChI is InChI=1S/C63H60BN3OS/c1-59(2,3)36-21-23-37(24-22-36)67-48-32-44-42(61(6,7)26-28-63(44,10)11)30-40(48)54-55-56-52(53-38-19-15-16-20-50(38)68-57(53)54)39-29-41-43(62(8,9)27-25-60(41,4)5)31-47(39)66(56)49-34-51-46(33-45(49)64(55)67)65-58(69-51)35-17-13-12-14-18-35/h12-24,29-34H,25-28H2,1-11H3. The molecule has 0 saturated carbocycles. The smallest absolute Gasteiger partial charge is 0.333 e. The van der Waals surface area contributed by atoms with Crippen LogP contribution in [0.5, 0.6) is 0 Å². The first-order chi connectivity index (χ1) is 32.8. The van der Waals surface area contributed by atoms with Crippen LogP contribution in [0.4, 0.5) is 11.4 Å². The maximum Gasteiger partial charge on any atom is 0.333 e. The van der Waals surface area contributed by atoms with Gasteiger partial charge in [-0.1, -0.05) is 137 Å². The number of furan rings is 1. The second-order valence-electron chi connectivity index (χ2n) is 24.8. The van der Waals surface area contributed by atoms with Gasteiger partial charge in [0, 0.05) is 55.3 Å². The minimum atomic E-state index is -0.175. The van der Waals surface area contributed by atoms with Crippen LogP contribution in [0.1, 0.15) is 130 Å². The molecular weight excluding hydrogens is 858 g/mol. The molecule has 0 spiro atoms. The normalized spacial score (nSPS) is 18.2. The maximum absolute atomic E-state index is 7.44. The lowest BCUT2D eigenvalue weighted by atomic mass is 9.43. The Balaban J connectivity index is 1.22. The molecule has 10 aromatic rings. The van der Waals surface area contributed by atoms with Crippen molar-refractivity contribution in [2.24, 2.45) is 0 Å². The number of anilines is 2. The Labute approximate surface area is 410 Å². The largest absolute Gasteiger partial charge is 0.455 e. The van der Waals surface area contributed by atoms with Crippen LogP contribution in [0.3, 0.4) is 0 Å². The fourth-order valence-electron chi connectivity index (χ4n) is 13.4. The molecule has 6 heteroatoms. The van der Waals surface area contributed by atoms with Crippen LogP contribution in [-0.4, -0.2) is 16.4 Å². The fraction of sp³-hybridized carbons (Fsp3) is 0.317. The predicted octanol–water partition coefficient (Wildman–Crippen LogP) is 16.2. The van der Waals surface area contributed by atoms with E-state index in [1.807, 2.05) is 11.3 Å². The van der Waals surface area contributed by atoms with Crippen LogP contribution in [0.25, 0.3) is 81.3 Å². The van der Waals surface area contributed by atoms with Gasteiger partial charge in [0.25, 0.3) is 0 Å². The Morgan fingerprint density at radius 2 is 1.25 bits per heavy atom. The number of fused-ring (bicyclic) bond motifs is 16. The Morgan fingerprint density at radius 1 is 0.623 bits per heavy atom. The molecule has 0 radical (unpaired) electrons. The van der Waals surface area contributed by atoms with Crippen LogP contribution in [0, 0.1) is 0 Å². The third-order valence-corrected chi connectivity index (χ3v) is 18.7. The maximum atomic E-state index is 7.44. The summed E-state index contributed by atoms with van der Waals surface area (Å²) in [5.74, 6) is 0. The van der Waals surface area contributed by atoms with Gasteiger partial charge in [0.15, 0.2) is 0 Å². The zero-order valence-corrected chi connectivity index (χ0v) is 42.9. The van der Waals surface area contributed by atoms with Crippen molar-refractivity contribution >= 4 is 94.4 Å². The molecule has 0 amide bonds. The quantitative estimate of drug-likeness (QED) is 0.162. The van der Waals surface area contributed by atoms with Gasteiger partial charge in [-0.25, -0.2) is 4.98 Å². The summed E-state index contributed by atoms with van der Waals surface area (Å²) < 4.78 is 11.3. The number of nitrogens with zero attached hydrogens (tertiary/aromatic N) is 3. The Hall–Kier alpha value is -6.11. The highest BCUT2D eigenvalue weighted by Gasteiger charge is 2.49. The van der Waals surface area contributed by atoms with Gasteiger partial charge in [0.1, 0.15) is 16.2 Å². The van der Waals surface area contributed by atoms with Crippen LogP contribution >= 0.6 is 11.3 Å². The van der Waals surface area contributed by atoms with Gasteiger partial charge in [0.2, 0.25) is 0 Å². The van der Waals surface area contributed by atoms with Crippen molar-refractivity contribution in [1.82, 2.24) is 9.55 Å². The molecule has 0 bridgehead atoms. The second-order valence-corrected chi connectivity index (χ2v) is 25.9. The first kappa shape index (κ1) is 41.8. The minimum Gasteiger partial charge on any atom is -0.455 e. The van der Waals surface area contributed by atoms with Crippen molar-refractivity contribution in [1.29, 1.82) is 0 Å². The van der Waals surface area contributed by atoms with Crippen molar-refractivity contribution in [2.75, 3.05) is 4.81 Å². The van der Waals surface area contributed by atoms with Crippen molar-refractivity contribution in [3.63, 3.8) is 0 Å². The molecule has 7 aromatic carbocycles. The SMILES string of the molecule is CC(C)(C)c1ccc(N2B3c4cc5nc(-c6ccccc6)sc5cc4-n4c5cc6c(cc5c5c7c(oc8ccccc87)c(c3c54)-c3cc4c(cc32)C(C)(C)CCC4(C)C)C(C)(C)CCC6(C)C)cc1. The van der Waals surface area contributed by atoms with E-state index >= 15 is 0 Å². The summed E-state index contributed by atoms with van der Waals surface area (Å²) in [4.78, 5) is 8.20. The second kappa shape index (κ2) is 13.4. The molecule has 2 aliphatic heterocycles. The highest BCUT2D eigenvalue weighted by Crippen LogP contribution is 2.57. The third-order valence-electron chi connectivity index (χ3n) is 17.7. The first-order valence-electron chi connectivity index (χ1n) is 25.4. The Bertz CT molecular complexity index is 3890. The van der Waals surface area contributed by atoms with Crippen molar-refractivity contribution in [2.45, 2.75) is 129 Å². The summed E-state index contributed by atoms with van der Waals surface area (Å²) in [6.45, 7) is 26.5. The molecule has 0 N–H and O–H groups in total. The molecule has 2 aliphatic carbocycles. The van der Waals surface area contributed by atoms with E-state index in [9.17, 15) is 0 Å². The Kier molecular flexibility index (Phi) is 8.12. The fourth-order valence-corrected chi connectivity index (χ4v) is 14.4. The highest BCUT2D eigenvalue weighted by molar-refractivity contribution is 7.21. The van der Waals surface area contributed by atoms with Gasteiger partial charge < -0.3 is 13.8 Å². The van der Waals surface area contributed by atoms with Crippen molar-refractivity contribution < 1.29 is 4.42 Å². The topological polar surface area (TPSA) is 34.2 Å². The summed E-state index contributed by atoms with van der Waals surface area (Å²) >= 11 is 1.81. The summed E-state index contributed by atoms with van der Waals surface area (Å²) in [7, 11) is 0. The molecule has 0 atom stereocenters. The van der Waals surface area contributed by atoms with E-state index in [1.165, 1.54) is 104 Å². The van der Waals surface area contributed by atoms with E-state index in [4.69, 9.17) is 9.40 Å². The average Bonchev–Trinajstić information content (AvgIpc) is 4.02. The number of rotatable bonds is 2. The third kappa shape index (κ3) is 5.61. The molecule has 4 aliphatic rings. The number of benzene rings is 7. The van der Waals surface area contributed by atoms with Gasteiger partial charge >= 0.3 is 6.85 Å². The molecule has 4 nitrogen and oxygen atoms in total.